The Morgan fingerprint density at radius 3 is 2.85 bits per heavy atom. The van der Waals surface area contributed by atoms with E-state index in [-0.39, 0.29) is 5.91 Å². The van der Waals surface area contributed by atoms with E-state index in [2.05, 4.69) is 33.0 Å². The number of hydrogen-bond acceptors (Lipinski definition) is 2. The van der Waals surface area contributed by atoms with Crippen molar-refractivity contribution in [1.29, 1.82) is 0 Å². The van der Waals surface area contributed by atoms with E-state index in [9.17, 15) is 4.79 Å². The highest BCUT2D eigenvalue weighted by Crippen LogP contribution is 2.15. The molecule has 0 bridgehead atoms. The van der Waals surface area contributed by atoms with Crippen LogP contribution in [0.4, 0.5) is 0 Å². The molecule has 0 aliphatic carbocycles. The van der Waals surface area contributed by atoms with Gasteiger partial charge < -0.3 is 14.8 Å². The van der Waals surface area contributed by atoms with Crippen LogP contribution in [0.5, 0.6) is 0 Å². The number of aromatic nitrogens is 1. The summed E-state index contributed by atoms with van der Waals surface area (Å²) in [4.78, 5) is 13.9. The number of nitrogens with one attached hydrogen (secondary N) is 1. The largest absolute Gasteiger partial charge is 0.356 e. The quantitative estimate of drug-likeness (QED) is 0.784. The Kier molecular flexibility index (Phi) is 5.18. The number of aryl methyl sites for hydroxylation is 1. The van der Waals surface area contributed by atoms with Crippen molar-refractivity contribution in [2.24, 2.45) is 0 Å². The third-order valence-corrected chi connectivity index (χ3v) is 3.36. The number of rotatable bonds is 7. The van der Waals surface area contributed by atoms with E-state index in [1.165, 1.54) is 10.9 Å². The Labute approximate surface area is 120 Å². The van der Waals surface area contributed by atoms with Crippen molar-refractivity contribution < 1.29 is 4.79 Å². The van der Waals surface area contributed by atoms with Gasteiger partial charge in [-0.3, -0.25) is 4.79 Å². The van der Waals surface area contributed by atoms with Crippen LogP contribution in [0, 0.1) is 0 Å². The lowest BCUT2D eigenvalue weighted by Gasteiger charge is -2.10. The van der Waals surface area contributed by atoms with E-state index < -0.39 is 0 Å². The molecule has 0 saturated carbocycles. The van der Waals surface area contributed by atoms with Gasteiger partial charge in [0.2, 0.25) is 5.91 Å². The van der Waals surface area contributed by atoms with Crippen molar-refractivity contribution in [3.05, 3.63) is 36.5 Å². The summed E-state index contributed by atoms with van der Waals surface area (Å²) in [6.07, 6.45) is 3.57. The van der Waals surface area contributed by atoms with Gasteiger partial charge in [-0.25, -0.2) is 0 Å². The molecule has 0 aliphatic rings. The van der Waals surface area contributed by atoms with Gasteiger partial charge in [0.1, 0.15) is 0 Å². The molecule has 1 aromatic heterocycles. The predicted octanol–water partition coefficient (Wildman–Crippen LogP) is 2.10. The molecule has 2 rings (SSSR count). The normalized spacial score (nSPS) is 11.2. The van der Waals surface area contributed by atoms with Gasteiger partial charge in [0, 0.05) is 31.2 Å². The molecule has 0 atom stereocenters. The van der Waals surface area contributed by atoms with Crippen molar-refractivity contribution in [3.63, 3.8) is 0 Å². The van der Waals surface area contributed by atoms with E-state index >= 15 is 0 Å². The highest BCUT2D eigenvalue weighted by atomic mass is 16.1. The minimum atomic E-state index is 0.126. The number of hydrogen-bond donors (Lipinski definition) is 1. The van der Waals surface area contributed by atoms with Crippen LogP contribution in [0.1, 0.15) is 12.8 Å². The van der Waals surface area contributed by atoms with Crippen LogP contribution in [0.15, 0.2) is 36.5 Å². The third-order valence-electron chi connectivity index (χ3n) is 3.36. The second-order valence-corrected chi connectivity index (χ2v) is 5.32. The van der Waals surface area contributed by atoms with E-state index in [0.29, 0.717) is 6.42 Å². The van der Waals surface area contributed by atoms with Gasteiger partial charge in [-0.1, -0.05) is 18.2 Å². The number of fused-ring (bicyclic) bond motifs is 1. The van der Waals surface area contributed by atoms with Crippen molar-refractivity contribution in [1.82, 2.24) is 14.8 Å². The molecule has 1 amide bonds. The fourth-order valence-corrected chi connectivity index (χ4v) is 2.27. The molecule has 0 fully saturated rings. The van der Waals surface area contributed by atoms with Crippen LogP contribution in [-0.2, 0) is 11.3 Å². The Bertz CT molecular complexity index is 560. The SMILES string of the molecule is CN(C)CCCNC(=O)CCn1ccc2ccccc21. The van der Waals surface area contributed by atoms with Crippen molar-refractivity contribution in [3.8, 4) is 0 Å². The monoisotopic (exact) mass is 273 g/mol. The topological polar surface area (TPSA) is 37.3 Å². The zero-order chi connectivity index (χ0) is 14.4. The molecule has 2 aromatic rings. The van der Waals surface area contributed by atoms with E-state index in [1.807, 2.05) is 32.4 Å². The zero-order valence-electron chi connectivity index (χ0n) is 12.3. The van der Waals surface area contributed by atoms with Crippen LogP contribution in [0.2, 0.25) is 0 Å². The van der Waals surface area contributed by atoms with Crippen LogP contribution in [-0.4, -0.2) is 42.6 Å². The fourth-order valence-electron chi connectivity index (χ4n) is 2.27. The summed E-state index contributed by atoms with van der Waals surface area (Å²) in [6, 6.07) is 10.3. The highest BCUT2D eigenvalue weighted by Gasteiger charge is 2.04. The maximum absolute atomic E-state index is 11.8. The van der Waals surface area contributed by atoms with Gasteiger partial charge >= 0.3 is 0 Å². The molecule has 1 heterocycles. The minimum Gasteiger partial charge on any atom is -0.356 e. The molecule has 0 spiro atoms. The highest BCUT2D eigenvalue weighted by molar-refractivity contribution is 5.80. The maximum atomic E-state index is 11.8. The summed E-state index contributed by atoms with van der Waals surface area (Å²) in [5, 5.41) is 4.19. The number of para-hydroxylation sites is 1. The molecular formula is C16H23N3O. The first kappa shape index (κ1) is 14.6. The lowest BCUT2D eigenvalue weighted by atomic mass is 10.2. The molecule has 1 N–H and O–H groups in total. The Balaban J connectivity index is 1.76. The number of carbonyl (C=O) groups is 1. The lowest BCUT2D eigenvalue weighted by Crippen LogP contribution is -2.27. The smallest absolute Gasteiger partial charge is 0.221 e. The van der Waals surface area contributed by atoms with Crippen molar-refractivity contribution in [2.45, 2.75) is 19.4 Å². The van der Waals surface area contributed by atoms with Gasteiger partial charge in [0.25, 0.3) is 0 Å². The Morgan fingerprint density at radius 2 is 2.05 bits per heavy atom. The second kappa shape index (κ2) is 7.10. The van der Waals surface area contributed by atoms with E-state index in [0.717, 1.165) is 26.1 Å². The molecule has 0 unspecified atom stereocenters. The zero-order valence-corrected chi connectivity index (χ0v) is 12.3. The van der Waals surface area contributed by atoms with Crippen molar-refractivity contribution in [2.75, 3.05) is 27.2 Å². The van der Waals surface area contributed by atoms with Gasteiger partial charge in [0.05, 0.1) is 0 Å². The Hall–Kier alpha value is -1.81. The van der Waals surface area contributed by atoms with Crippen LogP contribution < -0.4 is 5.32 Å². The maximum Gasteiger partial charge on any atom is 0.221 e. The van der Waals surface area contributed by atoms with Crippen LogP contribution in [0.3, 0.4) is 0 Å². The second-order valence-electron chi connectivity index (χ2n) is 5.32. The van der Waals surface area contributed by atoms with Gasteiger partial charge in [-0.2, -0.15) is 0 Å². The summed E-state index contributed by atoms with van der Waals surface area (Å²) in [6.45, 7) is 2.49. The van der Waals surface area contributed by atoms with Gasteiger partial charge in [0.15, 0.2) is 0 Å². The molecule has 4 nitrogen and oxygen atoms in total. The molecule has 20 heavy (non-hydrogen) atoms. The first-order chi connectivity index (χ1) is 9.66. The number of carbonyl (C=O) groups excluding carboxylic acids is 1. The van der Waals surface area contributed by atoms with Crippen molar-refractivity contribution >= 4 is 16.8 Å². The average molecular weight is 273 g/mol. The number of benzene rings is 1. The van der Waals surface area contributed by atoms with E-state index in [1.54, 1.807) is 0 Å². The molecule has 0 aliphatic heterocycles. The average Bonchev–Trinajstić information content (AvgIpc) is 2.84. The third kappa shape index (κ3) is 4.10. The molecule has 108 valence electrons. The van der Waals surface area contributed by atoms with Crippen LogP contribution in [0.25, 0.3) is 10.9 Å². The first-order valence-electron chi connectivity index (χ1n) is 7.12. The summed E-state index contributed by atoms with van der Waals surface area (Å²) >= 11 is 0. The Morgan fingerprint density at radius 1 is 1.25 bits per heavy atom. The van der Waals surface area contributed by atoms with Gasteiger partial charge in [-0.05, 0) is 44.6 Å². The first-order valence-corrected chi connectivity index (χ1v) is 7.12. The summed E-state index contributed by atoms with van der Waals surface area (Å²) in [5.74, 6) is 0.126. The predicted molar refractivity (Wildman–Crippen MR) is 82.7 cm³/mol. The number of nitrogens with zero attached hydrogens (tertiary/aromatic N) is 2. The summed E-state index contributed by atoms with van der Waals surface area (Å²) in [7, 11) is 4.08. The minimum absolute atomic E-state index is 0.126. The lowest BCUT2D eigenvalue weighted by molar-refractivity contribution is -0.121. The van der Waals surface area contributed by atoms with Gasteiger partial charge in [-0.15, -0.1) is 0 Å². The standard InChI is InChI=1S/C16H23N3O/c1-18(2)11-5-10-17-16(20)9-13-19-12-8-14-6-3-4-7-15(14)19/h3-4,6-8,12H,5,9-11,13H2,1-2H3,(H,17,20). The fraction of sp³-hybridized carbons (Fsp3) is 0.438. The molecule has 0 radical (unpaired) electrons. The van der Waals surface area contributed by atoms with Crippen LogP contribution >= 0.6 is 0 Å². The molecule has 1 aromatic carbocycles. The van der Waals surface area contributed by atoms with E-state index in [4.69, 9.17) is 0 Å². The molecular weight excluding hydrogens is 250 g/mol. The molecule has 4 heteroatoms. The molecule has 0 saturated heterocycles. The number of amides is 1. The summed E-state index contributed by atoms with van der Waals surface area (Å²) < 4.78 is 2.13. The summed E-state index contributed by atoms with van der Waals surface area (Å²) in [5.41, 5.74) is 1.19.